The number of unbranched alkanes of at least 4 members (excludes halogenated alkanes) is 1. The number of ether oxygens (including phenoxy) is 2. The van der Waals surface area contributed by atoms with Crippen LogP contribution < -0.4 is 0 Å². The third-order valence-electron chi connectivity index (χ3n) is 3.23. The number of carbonyl (C=O) groups is 2. The van der Waals surface area contributed by atoms with Crippen molar-refractivity contribution in [3.05, 3.63) is 35.4 Å². The fourth-order valence-electron chi connectivity index (χ4n) is 2.15. The fraction of sp³-hybridized carbons (Fsp3) is 0.529. The van der Waals surface area contributed by atoms with Gasteiger partial charge in [0.05, 0.1) is 5.56 Å². The molecule has 0 spiro atoms. The SMILES string of the molecule is CCOC(CCCCC(=O)c1cccc(C(=O)O)c1)OCC. The molecule has 0 heterocycles. The van der Waals surface area contributed by atoms with Gasteiger partial charge in [0.15, 0.2) is 12.1 Å². The number of ketones is 1. The highest BCUT2D eigenvalue weighted by atomic mass is 16.7. The van der Waals surface area contributed by atoms with E-state index in [9.17, 15) is 9.59 Å². The quantitative estimate of drug-likeness (QED) is 0.384. The van der Waals surface area contributed by atoms with Crippen LogP contribution in [0.4, 0.5) is 0 Å². The maximum absolute atomic E-state index is 12.1. The van der Waals surface area contributed by atoms with Crippen LogP contribution in [0.25, 0.3) is 0 Å². The number of aromatic carboxylic acids is 1. The Labute approximate surface area is 131 Å². The summed E-state index contributed by atoms with van der Waals surface area (Å²) in [6.45, 7) is 5.05. The Morgan fingerprint density at radius 1 is 1.09 bits per heavy atom. The maximum Gasteiger partial charge on any atom is 0.335 e. The Morgan fingerprint density at radius 3 is 2.32 bits per heavy atom. The van der Waals surface area contributed by atoms with Crippen molar-refractivity contribution >= 4 is 11.8 Å². The van der Waals surface area contributed by atoms with Crippen molar-refractivity contribution in [3.63, 3.8) is 0 Å². The third-order valence-corrected chi connectivity index (χ3v) is 3.23. The van der Waals surface area contributed by atoms with Crippen molar-refractivity contribution < 1.29 is 24.2 Å². The molecule has 1 N–H and O–H groups in total. The molecule has 0 aliphatic rings. The van der Waals surface area contributed by atoms with Gasteiger partial charge in [-0.05, 0) is 45.2 Å². The average Bonchev–Trinajstić information content (AvgIpc) is 2.51. The predicted octanol–water partition coefficient (Wildman–Crippen LogP) is 3.53. The van der Waals surface area contributed by atoms with Crippen LogP contribution in [0.5, 0.6) is 0 Å². The van der Waals surface area contributed by atoms with Crippen molar-refractivity contribution in [2.75, 3.05) is 13.2 Å². The summed E-state index contributed by atoms with van der Waals surface area (Å²) in [4.78, 5) is 23.0. The molecule has 1 rings (SSSR count). The molecular weight excluding hydrogens is 284 g/mol. The van der Waals surface area contributed by atoms with Crippen LogP contribution in [-0.2, 0) is 9.47 Å². The van der Waals surface area contributed by atoms with Gasteiger partial charge in [-0.25, -0.2) is 4.79 Å². The van der Waals surface area contributed by atoms with E-state index in [1.165, 1.54) is 12.1 Å². The third kappa shape index (κ3) is 6.37. The van der Waals surface area contributed by atoms with E-state index in [2.05, 4.69) is 0 Å². The van der Waals surface area contributed by atoms with E-state index < -0.39 is 5.97 Å². The van der Waals surface area contributed by atoms with Crippen LogP contribution in [0, 0.1) is 0 Å². The summed E-state index contributed by atoms with van der Waals surface area (Å²) >= 11 is 0. The highest BCUT2D eigenvalue weighted by Crippen LogP contribution is 2.13. The first-order valence-corrected chi connectivity index (χ1v) is 7.68. The van der Waals surface area contributed by atoms with Crippen molar-refractivity contribution in [2.45, 2.75) is 45.8 Å². The Bertz CT molecular complexity index is 478. The number of hydrogen-bond acceptors (Lipinski definition) is 4. The topological polar surface area (TPSA) is 72.8 Å². The molecule has 0 aliphatic carbocycles. The van der Waals surface area contributed by atoms with Crippen molar-refractivity contribution in [1.29, 1.82) is 0 Å². The minimum absolute atomic E-state index is 0.0348. The number of carbonyl (C=O) groups excluding carboxylic acids is 1. The Kier molecular flexibility index (Phi) is 8.40. The molecule has 0 saturated carbocycles. The van der Waals surface area contributed by atoms with Gasteiger partial charge in [0, 0.05) is 25.2 Å². The summed E-state index contributed by atoms with van der Waals surface area (Å²) in [5, 5.41) is 8.93. The van der Waals surface area contributed by atoms with Crippen molar-refractivity contribution in [2.24, 2.45) is 0 Å². The van der Waals surface area contributed by atoms with E-state index in [1.807, 2.05) is 13.8 Å². The lowest BCUT2D eigenvalue weighted by atomic mass is 10.0. The fourth-order valence-corrected chi connectivity index (χ4v) is 2.15. The Morgan fingerprint density at radius 2 is 1.73 bits per heavy atom. The van der Waals surface area contributed by atoms with E-state index >= 15 is 0 Å². The molecule has 5 heteroatoms. The van der Waals surface area contributed by atoms with E-state index in [4.69, 9.17) is 14.6 Å². The Balaban J connectivity index is 2.39. The molecule has 0 atom stereocenters. The van der Waals surface area contributed by atoms with Crippen LogP contribution in [0.2, 0.25) is 0 Å². The number of carboxylic acid groups (broad SMARTS) is 1. The lowest BCUT2D eigenvalue weighted by molar-refractivity contribution is -0.140. The first-order valence-electron chi connectivity index (χ1n) is 7.68. The smallest absolute Gasteiger partial charge is 0.335 e. The molecule has 5 nitrogen and oxygen atoms in total. The van der Waals surface area contributed by atoms with Gasteiger partial charge < -0.3 is 14.6 Å². The molecule has 0 unspecified atom stereocenters. The largest absolute Gasteiger partial charge is 0.478 e. The minimum Gasteiger partial charge on any atom is -0.478 e. The van der Waals surface area contributed by atoms with Gasteiger partial charge >= 0.3 is 5.97 Å². The zero-order valence-corrected chi connectivity index (χ0v) is 13.2. The van der Waals surface area contributed by atoms with E-state index in [0.717, 1.165) is 19.3 Å². The van der Waals surface area contributed by atoms with Crippen molar-refractivity contribution in [3.8, 4) is 0 Å². The molecule has 0 fully saturated rings. The van der Waals surface area contributed by atoms with Crippen LogP contribution in [-0.4, -0.2) is 36.4 Å². The summed E-state index contributed by atoms with van der Waals surface area (Å²) in [5.74, 6) is -1.06. The zero-order chi connectivity index (χ0) is 16.4. The summed E-state index contributed by atoms with van der Waals surface area (Å²) in [5.41, 5.74) is 0.588. The predicted molar refractivity (Wildman–Crippen MR) is 83.2 cm³/mol. The van der Waals surface area contributed by atoms with Gasteiger partial charge in [-0.15, -0.1) is 0 Å². The molecule has 1 aromatic rings. The second-order valence-electron chi connectivity index (χ2n) is 4.90. The van der Waals surface area contributed by atoms with E-state index in [0.29, 0.717) is 25.2 Å². The van der Waals surface area contributed by atoms with E-state index in [1.54, 1.807) is 12.1 Å². The lowest BCUT2D eigenvalue weighted by Gasteiger charge is -2.16. The summed E-state index contributed by atoms with van der Waals surface area (Å²) in [6, 6.07) is 6.15. The van der Waals surface area contributed by atoms with E-state index in [-0.39, 0.29) is 17.6 Å². The van der Waals surface area contributed by atoms with Crippen LogP contribution in [0.3, 0.4) is 0 Å². The zero-order valence-electron chi connectivity index (χ0n) is 13.2. The number of carboxylic acids is 1. The number of rotatable bonds is 11. The van der Waals surface area contributed by atoms with Gasteiger partial charge in [-0.2, -0.15) is 0 Å². The molecule has 0 saturated heterocycles. The second-order valence-corrected chi connectivity index (χ2v) is 4.90. The van der Waals surface area contributed by atoms with Gasteiger partial charge in [0.25, 0.3) is 0 Å². The maximum atomic E-state index is 12.1. The standard InChI is InChI=1S/C17H24O5/c1-3-21-16(22-4-2)11-6-5-10-15(18)13-8-7-9-14(12-13)17(19)20/h7-9,12,16H,3-6,10-11H2,1-2H3,(H,19,20). The lowest BCUT2D eigenvalue weighted by Crippen LogP contribution is -2.17. The number of Topliss-reactive ketones (excluding diaryl/α,β-unsaturated/α-hetero) is 1. The molecular formula is C17H24O5. The monoisotopic (exact) mass is 308 g/mol. The molecule has 122 valence electrons. The first-order chi connectivity index (χ1) is 10.6. The van der Waals surface area contributed by atoms with Crippen LogP contribution >= 0.6 is 0 Å². The van der Waals surface area contributed by atoms with Crippen LogP contribution in [0.15, 0.2) is 24.3 Å². The van der Waals surface area contributed by atoms with Gasteiger partial charge in [0.1, 0.15) is 0 Å². The van der Waals surface area contributed by atoms with Gasteiger partial charge in [0.2, 0.25) is 0 Å². The minimum atomic E-state index is -1.02. The van der Waals surface area contributed by atoms with Crippen molar-refractivity contribution in [1.82, 2.24) is 0 Å². The summed E-state index contributed by atoms with van der Waals surface area (Å²) in [7, 11) is 0. The summed E-state index contributed by atoms with van der Waals surface area (Å²) < 4.78 is 10.9. The molecule has 0 amide bonds. The molecule has 0 aromatic heterocycles. The number of hydrogen-bond donors (Lipinski definition) is 1. The molecule has 1 aromatic carbocycles. The van der Waals surface area contributed by atoms with Gasteiger partial charge in [-0.3, -0.25) is 4.79 Å². The Hall–Kier alpha value is -1.72. The normalized spacial score (nSPS) is 10.9. The van der Waals surface area contributed by atoms with Gasteiger partial charge in [-0.1, -0.05) is 12.1 Å². The molecule has 22 heavy (non-hydrogen) atoms. The number of benzene rings is 1. The second kappa shape index (κ2) is 10.1. The highest BCUT2D eigenvalue weighted by Gasteiger charge is 2.11. The highest BCUT2D eigenvalue weighted by molar-refractivity contribution is 5.98. The summed E-state index contributed by atoms with van der Waals surface area (Å²) in [6.07, 6.45) is 2.50. The van der Waals surface area contributed by atoms with Crippen LogP contribution in [0.1, 0.15) is 60.2 Å². The molecule has 0 radical (unpaired) electrons. The molecule has 0 aliphatic heterocycles. The average molecular weight is 308 g/mol. The first kappa shape index (κ1) is 18.3. The molecule has 0 bridgehead atoms.